The number of nitrogens with one attached hydrogen (secondary N) is 1. The standard InChI is InChI=1S/C15H20N4/c1-10(11-4-2-3-5-11)19-15-13-8-12(16)6-7-14(13)17-9-18-15/h6-11H,2-5,16H2,1H3,(H,17,18,19). The topological polar surface area (TPSA) is 63.8 Å². The molecule has 0 radical (unpaired) electrons. The van der Waals surface area contributed by atoms with Gasteiger partial charge in [-0.3, -0.25) is 0 Å². The Morgan fingerprint density at radius 2 is 2.05 bits per heavy atom. The van der Waals surface area contributed by atoms with Crippen LogP contribution in [0, 0.1) is 5.92 Å². The Hall–Kier alpha value is -1.84. The van der Waals surface area contributed by atoms with Crippen molar-refractivity contribution in [1.82, 2.24) is 9.97 Å². The van der Waals surface area contributed by atoms with Gasteiger partial charge in [-0.15, -0.1) is 0 Å². The van der Waals surface area contributed by atoms with Crippen molar-refractivity contribution in [3.63, 3.8) is 0 Å². The van der Waals surface area contributed by atoms with Gasteiger partial charge in [0, 0.05) is 17.1 Å². The number of hydrogen-bond acceptors (Lipinski definition) is 4. The number of nitrogens with two attached hydrogens (primary N) is 1. The van der Waals surface area contributed by atoms with E-state index in [0.29, 0.717) is 6.04 Å². The minimum Gasteiger partial charge on any atom is -0.399 e. The zero-order chi connectivity index (χ0) is 13.2. The molecule has 100 valence electrons. The van der Waals surface area contributed by atoms with Gasteiger partial charge < -0.3 is 11.1 Å². The van der Waals surface area contributed by atoms with Gasteiger partial charge in [-0.2, -0.15) is 0 Å². The minimum atomic E-state index is 0.446. The van der Waals surface area contributed by atoms with Crippen LogP contribution in [0.25, 0.3) is 10.9 Å². The average molecular weight is 256 g/mol. The molecule has 1 atom stereocenters. The highest BCUT2D eigenvalue weighted by molar-refractivity contribution is 5.91. The number of aromatic nitrogens is 2. The van der Waals surface area contributed by atoms with Crippen molar-refractivity contribution < 1.29 is 0 Å². The van der Waals surface area contributed by atoms with Crippen LogP contribution in [0.5, 0.6) is 0 Å². The van der Waals surface area contributed by atoms with Crippen molar-refractivity contribution in [2.75, 3.05) is 11.1 Å². The lowest BCUT2D eigenvalue weighted by molar-refractivity contribution is 0.481. The Labute approximate surface area is 113 Å². The lowest BCUT2D eigenvalue weighted by atomic mass is 10.00. The van der Waals surface area contributed by atoms with Crippen LogP contribution in [0.15, 0.2) is 24.5 Å². The van der Waals surface area contributed by atoms with E-state index in [1.807, 2.05) is 18.2 Å². The number of rotatable bonds is 3. The lowest BCUT2D eigenvalue weighted by Gasteiger charge is -2.21. The minimum absolute atomic E-state index is 0.446. The number of nitrogens with zero attached hydrogens (tertiary/aromatic N) is 2. The molecule has 3 N–H and O–H groups in total. The maximum Gasteiger partial charge on any atom is 0.137 e. The highest BCUT2D eigenvalue weighted by Crippen LogP contribution is 2.30. The van der Waals surface area contributed by atoms with Gasteiger partial charge in [0.15, 0.2) is 0 Å². The van der Waals surface area contributed by atoms with Crippen molar-refractivity contribution in [2.24, 2.45) is 5.92 Å². The number of nitrogen functional groups attached to an aromatic ring is 1. The fourth-order valence-corrected chi connectivity index (χ4v) is 2.98. The summed E-state index contributed by atoms with van der Waals surface area (Å²) in [7, 11) is 0. The lowest BCUT2D eigenvalue weighted by Crippen LogP contribution is -2.24. The predicted octanol–water partition coefficient (Wildman–Crippen LogP) is 3.20. The number of fused-ring (bicyclic) bond motifs is 1. The molecule has 0 spiro atoms. The van der Waals surface area contributed by atoms with Crippen LogP contribution in [-0.2, 0) is 0 Å². The third-order valence-corrected chi connectivity index (χ3v) is 4.13. The second-order valence-corrected chi connectivity index (χ2v) is 5.48. The Morgan fingerprint density at radius 1 is 1.26 bits per heavy atom. The summed E-state index contributed by atoms with van der Waals surface area (Å²) in [6.07, 6.45) is 6.96. The summed E-state index contributed by atoms with van der Waals surface area (Å²) >= 11 is 0. The van der Waals surface area contributed by atoms with E-state index in [1.54, 1.807) is 6.33 Å². The molecule has 1 unspecified atom stereocenters. The van der Waals surface area contributed by atoms with Gasteiger partial charge in [-0.25, -0.2) is 9.97 Å². The summed E-state index contributed by atoms with van der Waals surface area (Å²) in [4.78, 5) is 8.66. The van der Waals surface area contributed by atoms with Gasteiger partial charge in [-0.1, -0.05) is 12.8 Å². The fraction of sp³-hybridized carbons (Fsp3) is 0.467. The first-order valence-corrected chi connectivity index (χ1v) is 7.01. The van der Waals surface area contributed by atoms with Gasteiger partial charge in [0.05, 0.1) is 5.52 Å². The quantitative estimate of drug-likeness (QED) is 0.828. The molecule has 0 bridgehead atoms. The van der Waals surface area contributed by atoms with Crippen LogP contribution >= 0.6 is 0 Å². The molecule has 0 amide bonds. The summed E-state index contributed by atoms with van der Waals surface area (Å²) in [6.45, 7) is 2.25. The first-order chi connectivity index (χ1) is 9.24. The van der Waals surface area contributed by atoms with Crippen molar-refractivity contribution in [2.45, 2.75) is 38.6 Å². The zero-order valence-corrected chi connectivity index (χ0v) is 11.3. The maximum absolute atomic E-state index is 5.86. The third kappa shape index (κ3) is 2.48. The van der Waals surface area contributed by atoms with Crippen LogP contribution < -0.4 is 11.1 Å². The summed E-state index contributed by atoms with van der Waals surface area (Å²) in [5.74, 6) is 1.66. The summed E-state index contributed by atoms with van der Waals surface area (Å²) in [6, 6.07) is 6.21. The molecule has 3 rings (SSSR count). The molecule has 1 aliphatic rings. The van der Waals surface area contributed by atoms with Crippen LogP contribution in [0.2, 0.25) is 0 Å². The molecule has 19 heavy (non-hydrogen) atoms. The molecule has 1 aromatic heterocycles. The van der Waals surface area contributed by atoms with Crippen molar-refractivity contribution >= 4 is 22.4 Å². The SMILES string of the molecule is CC(Nc1ncnc2ccc(N)cc12)C1CCCC1. The maximum atomic E-state index is 5.86. The largest absolute Gasteiger partial charge is 0.399 e. The molecule has 1 heterocycles. The molecule has 0 saturated heterocycles. The fourth-order valence-electron chi connectivity index (χ4n) is 2.98. The molecular weight excluding hydrogens is 236 g/mol. The number of benzene rings is 1. The van der Waals surface area contributed by atoms with E-state index in [9.17, 15) is 0 Å². The normalized spacial score (nSPS) is 17.7. The monoisotopic (exact) mass is 256 g/mol. The number of anilines is 2. The van der Waals surface area contributed by atoms with Gasteiger partial charge >= 0.3 is 0 Å². The first-order valence-electron chi connectivity index (χ1n) is 7.01. The van der Waals surface area contributed by atoms with E-state index in [1.165, 1.54) is 25.7 Å². The molecule has 4 heteroatoms. The van der Waals surface area contributed by atoms with E-state index in [2.05, 4.69) is 22.2 Å². The second-order valence-electron chi connectivity index (χ2n) is 5.48. The van der Waals surface area contributed by atoms with Gasteiger partial charge in [0.2, 0.25) is 0 Å². The Bertz CT molecular complexity index is 575. The van der Waals surface area contributed by atoms with E-state index in [4.69, 9.17) is 5.73 Å². The summed E-state index contributed by atoms with van der Waals surface area (Å²) in [5, 5.41) is 4.55. The van der Waals surface area contributed by atoms with E-state index in [-0.39, 0.29) is 0 Å². The van der Waals surface area contributed by atoms with Crippen LogP contribution in [0.3, 0.4) is 0 Å². The highest BCUT2D eigenvalue weighted by Gasteiger charge is 2.22. The van der Waals surface area contributed by atoms with E-state index >= 15 is 0 Å². The third-order valence-electron chi connectivity index (χ3n) is 4.13. The van der Waals surface area contributed by atoms with Gasteiger partial charge in [0.1, 0.15) is 12.1 Å². The van der Waals surface area contributed by atoms with Gasteiger partial charge in [-0.05, 0) is 43.9 Å². The van der Waals surface area contributed by atoms with Gasteiger partial charge in [0.25, 0.3) is 0 Å². The molecule has 1 fully saturated rings. The zero-order valence-electron chi connectivity index (χ0n) is 11.3. The van der Waals surface area contributed by atoms with E-state index < -0.39 is 0 Å². The molecule has 1 aliphatic carbocycles. The molecular formula is C15H20N4. The molecule has 2 aromatic rings. The summed E-state index contributed by atoms with van der Waals surface area (Å²) in [5.41, 5.74) is 7.55. The highest BCUT2D eigenvalue weighted by atomic mass is 15.0. The smallest absolute Gasteiger partial charge is 0.137 e. The summed E-state index contributed by atoms with van der Waals surface area (Å²) < 4.78 is 0. The average Bonchev–Trinajstić information content (AvgIpc) is 2.93. The van der Waals surface area contributed by atoms with Crippen molar-refractivity contribution in [3.8, 4) is 0 Å². The molecule has 4 nitrogen and oxygen atoms in total. The van der Waals surface area contributed by atoms with Crippen LogP contribution in [-0.4, -0.2) is 16.0 Å². The molecule has 1 saturated carbocycles. The van der Waals surface area contributed by atoms with Crippen LogP contribution in [0.4, 0.5) is 11.5 Å². The Morgan fingerprint density at radius 3 is 2.84 bits per heavy atom. The second kappa shape index (κ2) is 5.03. The Kier molecular flexibility index (Phi) is 3.23. The first kappa shape index (κ1) is 12.2. The number of hydrogen-bond donors (Lipinski definition) is 2. The predicted molar refractivity (Wildman–Crippen MR) is 79.0 cm³/mol. The van der Waals surface area contributed by atoms with Crippen LogP contribution in [0.1, 0.15) is 32.6 Å². The van der Waals surface area contributed by atoms with Crippen molar-refractivity contribution in [1.29, 1.82) is 0 Å². The molecule has 1 aromatic carbocycles. The Balaban J connectivity index is 1.89. The van der Waals surface area contributed by atoms with Crippen molar-refractivity contribution in [3.05, 3.63) is 24.5 Å². The molecule has 0 aliphatic heterocycles. The van der Waals surface area contributed by atoms with E-state index in [0.717, 1.165) is 28.3 Å².